The molecule has 0 aliphatic heterocycles. The average Bonchev–Trinajstić information content (AvgIpc) is 2.98. The second-order valence-corrected chi connectivity index (χ2v) is 5.38. The molecule has 7 heteroatoms. The lowest BCUT2D eigenvalue weighted by Gasteiger charge is -2.15. The molecule has 0 aliphatic rings. The minimum atomic E-state index is -0.145. The molecule has 0 atom stereocenters. The maximum Gasteiger partial charge on any atom is 0.225 e. The van der Waals surface area contributed by atoms with Gasteiger partial charge in [-0.15, -0.1) is 0 Å². The summed E-state index contributed by atoms with van der Waals surface area (Å²) in [7, 11) is 1.95. The highest BCUT2D eigenvalue weighted by atomic mass is 16.2. The predicted molar refractivity (Wildman–Crippen MR) is 88.9 cm³/mol. The van der Waals surface area contributed by atoms with Crippen LogP contribution >= 0.6 is 0 Å². The highest BCUT2D eigenvalue weighted by Crippen LogP contribution is 2.15. The number of aromatic amines is 1. The molecule has 0 radical (unpaired) electrons. The standard InChI is InChI=1S/C16H21N5O2/c1-12(22)18-13-4-3-5-14(10-13)19-16(23)7-9-21(2)11-15-6-8-17-20-15/h3-6,8,10H,7,9,11H2,1-2H3,(H,17,20)(H,18,22)(H,19,23). The number of hydrogen-bond donors (Lipinski definition) is 3. The molecule has 0 spiro atoms. The fourth-order valence-electron chi connectivity index (χ4n) is 2.14. The quantitative estimate of drug-likeness (QED) is 0.727. The van der Waals surface area contributed by atoms with E-state index in [9.17, 15) is 9.59 Å². The molecule has 0 bridgehead atoms. The Hall–Kier alpha value is -2.67. The Kier molecular flexibility index (Phi) is 5.87. The summed E-state index contributed by atoms with van der Waals surface area (Å²) in [5.41, 5.74) is 2.33. The molecule has 2 rings (SSSR count). The number of carbonyl (C=O) groups is 2. The molecule has 122 valence electrons. The van der Waals surface area contributed by atoms with Crippen molar-refractivity contribution in [1.82, 2.24) is 15.1 Å². The third-order valence-corrected chi connectivity index (χ3v) is 3.19. The zero-order valence-corrected chi connectivity index (χ0v) is 13.3. The summed E-state index contributed by atoms with van der Waals surface area (Å²) >= 11 is 0. The number of nitrogens with zero attached hydrogens (tertiary/aromatic N) is 2. The summed E-state index contributed by atoms with van der Waals surface area (Å²) in [4.78, 5) is 25.1. The van der Waals surface area contributed by atoms with Crippen LogP contribution < -0.4 is 10.6 Å². The van der Waals surface area contributed by atoms with E-state index in [4.69, 9.17) is 0 Å². The van der Waals surface area contributed by atoms with E-state index in [-0.39, 0.29) is 11.8 Å². The Bertz CT molecular complexity index is 654. The summed E-state index contributed by atoms with van der Waals surface area (Å²) in [6.07, 6.45) is 2.09. The largest absolute Gasteiger partial charge is 0.326 e. The zero-order valence-electron chi connectivity index (χ0n) is 13.3. The third-order valence-electron chi connectivity index (χ3n) is 3.19. The second-order valence-electron chi connectivity index (χ2n) is 5.38. The lowest BCUT2D eigenvalue weighted by atomic mass is 10.2. The predicted octanol–water partition coefficient (Wildman–Crippen LogP) is 1.83. The molecule has 0 saturated heterocycles. The van der Waals surface area contributed by atoms with Gasteiger partial charge in [0.2, 0.25) is 11.8 Å². The van der Waals surface area contributed by atoms with E-state index in [0.717, 1.165) is 5.69 Å². The van der Waals surface area contributed by atoms with Crippen LogP contribution in [0.3, 0.4) is 0 Å². The van der Waals surface area contributed by atoms with Gasteiger partial charge in [-0.05, 0) is 31.3 Å². The molecular formula is C16H21N5O2. The Morgan fingerprint density at radius 1 is 1.22 bits per heavy atom. The number of amides is 2. The molecule has 0 aliphatic carbocycles. The number of nitrogens with one attached hydrogen (secondary N) is 3. The van der Waals surface area contributed by atoms with E-state index in [1.165, 1.54) is 6.92 Å². The summed E-state index contributed by atoms with van der Waals surface area (Å²) in [6, 6.07) is 8.98. The van der Waals surface area contributed by atoms with Crippen LogP contribution in [0.2, 0.25) is 0 Å². The maximum atomic E-state index is 12.0. The van der Waals surface area contributed by atoms with Crippen LogP contribution in [0.1, 0.15) is 19.0 Å². The molecule has 2 amide bonds. The van der Waals surface area contributed by atoms with E-state index in [2.05, 4.69) is 20.8 Å². The highest BCUT2D eigenvalue weighted by Gasteiger charge is 2.07. The summed E-state index contributed by atoms with van der Waals surface area (Å²) in [5.74, 6) is -0.213. The van der Waals surface area contributed by atoms with Gasteiger partial charge < -0.3 is 15.5 Å². The highest BCUT2D eigenvalue weighted by molar-refractivity contribution is 5.93. The molecular weight excluding hydrogens is 294 g/mol. The normalized spacial score (nSPS) is 10.6. The van der Waals surface area contributed by atoms with Gasteiger partial charge in [-0.2, -0.15) is 5.10 Å². The van der Waals surface area contributed by atoms with E-state index in [1.807, 2.05) is 18.0 Å². The van der Waals surface area contributed by atoms with Crippen LogP contribution in [0.15, 0.2) is 36.5 Å². The Balaban J connectivity index is 1.79. The fourth-order valence-corrected chi connectivity index (χ4v) is 2.14. The van der Waals surface area contributed by atoms with Crippen molar-refractivity contribution in [2.24, 2.45) is 0 Å². The minimum absolute atomic E-state index is 0.0681. The first-order valence-corrected chi connectivity index (χ1v) is 7.37. The topological polar surface area (TPSA) is 90.1 Å². The maximum absolute atomic E-state index is 12.0. The van der Waals surface area contributed by atoms with Gasteiger partial charge in [-0.3, -0.25) is 14.7 Å². The zero-order chi connectivity index (χ0) is 16.7. The van der Waals surface area contributed by atoms with E-state index < -0.39 is 0 Å². The van der Waals surface area contributed by atoms with Crippen molar-refractivity contribution in [3.63, 3.8) is 0 Å². The van der Waals surface area contributed by atoms with Crippen LogP contribution in [0, 0.1) is 0 Å². The number of hydrogen-bond acceptors (Lipinski definition) is 4. The fraction of sp³-hybridized carbons (Fsp3) is 0.312. The van der Waals surface area contributed by atoms with Gasteiger partial charge >= 0.3 is 0 Å². The number of rotatable bonds is 7. The van der Waals surface area contributed by atoms with Gasteiger partial charge in [0.05, 0.1) is 0 Å². The molecule has 3 N–H and O–H groups in total. The van der Waals surface area contributed by atoms with E-state index in [0.29, 0.717) is 30.9 Å². The SMILES string of the molecule is CC(=O)Nc1cccc(NC(=O)CCN(C)Cc2ccn[nH]2)c1. The van der Waals surface area contributed by atoms with Crippen molar-refractivity contribution in [3.8, 4) is 0 Å². The van der Waals surface area contributed by atoms with Crippen molar-refractivity contribution < 1.29 is 9.59 Å². The molecule has 1 aromatic heterocycles. The number of carbonyl (C=O) groups excluding carboxylic acids is 2. The number of aromatic nitrogens is 2. The van der Waals surface area contributed by atoms with Gasteiger partial charge in [-0.1, -0.05) is 6.07 Å². The lowest BCUT2D eigenvalue weighted by molar-refractivity contribution is -0.116. The number of benzene rings is 1. The first kappa shape index (κ1) is 16.7. The number of anilines is 2. The van der Waals surface area contributed by atoms with Crippen LogP contribution in [0.25, 0.3) is 0 Å². The van der Waals surface area contributed by atoms with Crippen LogP contribution in [-0.2, 0) is 16.1 Å². The average molecular weight is 315 g/mol. The monoisotopic (exact) mass is 315 g/mol. The van der Waals surface area contributed by atoms with E-state index in [1.54, 1.807) is 30.5 Å². The molecule has 23 heavy (non-hydrogen) atoms. The third kappa shape index (κ3) is 5.91. The van der Waals surface area contributed by atoms with Crippen molar-refractivity contribution in [2.75, 3.05) is 24.2 Å². The second kappa shape index (κ2) is 8.09. The molecule has 2 aromatic rings. The van der Waals surface area contributed by atoms with Crippen molar-refractivity contribution >= 4 is 23.2 Å². The van der Waals surface area contributed by atoms with Crippen molar-refractivity contribution in [1.29, 1.82) is 0 Å². The van der Waals surface area contributed by atoms with E-state index >= 15 is 0 Å². The van der Waals surface area contributed by atoms with Gasteiger partial charge in [0, 0.05) is 49.7 Å². The summed E-state index contributed by atoms with van der Waals surface area (Å²) in [5, 5.41) is 12.3. The molecule has 0 unspecified atom stereocenters. The minimum Gasteiger partial charge on any atom is -0.326 e. The van der Waals surface area contributed by atoms with Gasteiger partial charge in [-0.25, -0.2) is 0 Å². The van der Waals surface area contributed by atoms with Crippen LogP contribution in [0.4, 0.5) is 11.4 Å². The first-order chi connectivity index (χ1) is 11.0. The Labute approximate surface area is 135 Å². The molecule has 1 aromatic carbocycles. The van der Waals surface area contributed by atoms with Crippen LogP contribution in [-0.4, -0.2) is 40.5 Å². The Morgan fingerprint density at radius 2 is 1.96 bits per heavy atom. The molecule has 7 nitrogen and oxygen atoms in total. The smallest absolute Gasteiger partial charge is 0.225 e. The van der Waals surface area contributed by atoms with Crippen molar-refractivity contribution in [2.45, 2.75) is 19.9 Å². The van der Waals surface area contributed by atoms with Gasteiger partial charge in [0.25, 0.3) is 0 Å². The first-order valence-electron chi connectivity index (χ1n) is 7.37. The molecule has 0 fully saturated rings. The lowest BCUT2D eigenvalue weighted by Crippen LogP contribution is -2.24. The molecule has 1 heterocycles. The van der Waals surface area contributed by atoms with Gasteiger partial charge in [0.15, 0.2) is 0 Å². The molecule has 0 saturated carbocycles. The summed E-state index contributed by atoms with van der Waals surface area (Å²) in [6.45, 7) is 2.79. The van der Waals surface area contributed by atoms with Gasteiger partial charge in [0.1, 0.15) is 0 Å². The number of H-pyrrole nitrogens is 1. The summed E-state index contributed by atoms with van der Waals surface area (Å²) < 4.78 is 0. The van der Waals surface area contributed by atoms with Crippen molar-refractivity contribution in [3.05, 3.63) is 42.2 Å². The Morgan fingerprint density at radius 3 is 2.61 bits per heavy atom. The van der Waals surface area contributed by atoms with Crippen LogP contribution in [0.5, 0.6) is 0 Å².